The van der Waals surface area contributed by atoms with Crippen molar-refractivity contribution in [2.24, 2.45) is 5.92 Å². The molecule has 0 aliphatic heterocycles. The van der Waals surface area contributed by atoms with Crippen LogP contribution in [0.4, 0.5) is 9.18 Å². The third-order valence-corrected chi connectivity index (χ3v) is 8.17. The second-order valence-corrected chi connectivity index (χ2v) is 10.5. The Kier molecular flexibility index (Phi) is 6.97. The molecule has 198 valence electrons. The minimum Gasteiger partial charge on any atom is -0.334 e. The fourth-order valence-electron chi connectivity index (χ4n) is 6.30. The lowest BCUT2D eigenvalue weighted by atomic mass is 9.78. The number of nitrogens with one attached hydrogen (secondary N) is 2. The Morgan fingerprint density at radius 2 is 1.90 bits per heavy atom. The van der Waals surface area contributed by atoms with E-state index in [9.17, 15) is 9.18 Å². The van der Waals surface area contributed by atoms with Gasteiger partial charge in [0.2, 0.25) is 0 Å². The Morgan fingerprint density at radius 1 is 1.08 bits per heavy atom. The summed E-state index contributed by atoms with van der Waals surface area (Å²) < 4.78 is 16.1. The molecule has 0 saturated heterocycles. The summed E-state index contributed by atoms with van der Waals surface area (Å²) in [6.07, 6.45) is 9.48. The summed E-state index contributed by atoms with van der Waals surface area (Å²) in [5, 5.41) is 10.8. The fourth-order valence-corrected chi connectivity index (χ4v) is 6.30. The Labute approximate surface area is 228 Å². The van der Waals surface area contributed by atoms with Gasteiger partial charge in [0.15, 0.2) is 0 Å². The molecule has 2 aliphatic rings. The Hall–Kier alpha value is -4.26. The number of aromatic nitrogens is 3. The SMILES string of the molecule is C[C@@H]1C2=C(CC[C@@H]2CC(NC(=O)NCc2ccccc2F)c2ccccc2)Cc2c1cnn2-c1cccnc1. The van der Waals surface area contributed by atoms with Gasteiger partial charge in [-0.05, 0) is 48.9 Å². The van der Waals surface area contributed by atoms with Crippen molar-refractivity contribution in [3.8, 4) is 5.69 Å². The van der Waals surface area contributed by atoms with Gasteiger partial charge in [-0.1, -0.05) is 66.6 Å². The highest BCUT2D eigenvalue weighted by Crippen LogP contribution is 2.49. The molecule has 7 heteroatoms. The van der Waals surface area contributed by atoms with E-state index in [1.54, 1.807) is 24.4 Å². The number of nitrogens with zero attached hydrogens (tertiary/aromatic N) is 3. The van der Waals surface area contributed by atoms with Crippen LogP contribution in [0.2, 0.25) is 0 Å². The molecule has 6 rings (SSSR count). The number of amides is 2. The van der Waals surface area contributed by atoms with Crippen LogP contribution in [0.5, 0.6) is 0 Å². The summed E-state index contributed by atoms with van der Waals surface area (Å²) in [6.45, 7) is 2.42. The highest BCUT2D eigenvalue weighted by molar-refractivity contribution is 5.74. The number of urea groups is 1. The van der Waals surface area contributed by atoms with Crippen molar-refractivity contribution in [2.75, 3.05) is 0 Å². The first-order valence-electron chi connectivity index (χ1n) is 13.6. The minimum absolute atomic E-state index is 0.138. The van der Waals surface area contributed by atoms with Gasteiger partial charge in [-0.3, -0.25) is 4.98 Å². The maximum atomic E-state index is 14.1. The Bertz CT molecular complexity index is 1500. The van der Waals surface area contributed by atoms with Gasteiger partial charge in [0, 0.05) is 36.2 Å². The quantitative estimate of drug-likeness (QED) is 0.276. The molecular formula is C32H32FN5O. The standard InChI is InChI=1S/C32H32FN5O/c1-21-27-20-36-38(26-11-7-15-34-19-26)30(27)17-24-14-13-23(31(21)24)16-29(22-8-3-2-4-9-22)37-32(39)35-18-25-10-5-6-12-28(25)33/h2-12,15,19-21,23,29H,13-14,16-18H2,1H3,(H2,35,37,39)/t21-,23+,29?/m0/s1. The van der Waals surface area contributed by atoms with Crippen molar-refractivity contribution in [1.29, 1.82) is 0 Å². The molecule has 3 atom stereocenters. The predicted molar refractivity (Wildman–Crippen MR) is 149 cm³/mol. The van der Waals surface area contributed by atoms with E-state index in [2.05, 4.69) is 34.7 Å². The first kappa shape index (κ1) is 25.0. The molecule has 2 aliphatic carbocycles. The number of carbonyl (C=O) groups is 1. The zero-order chi connectivity index (χ0) is 26.8. The second-order valence-electron chi connectivity index (χ2n) is 10.5. The van der Waals surface area contributed by atoms with E-state index in [1.807, 2.05) is 47.4 Å². The number of allylic oxidation sites excluding steroid dienone is 2. The number of carbonyl (C=O) groups excluding carboxylic acids is 1. The van der Waals surface area contributed by atoms with Crippen molar-refractivity contribution in [1.82, 2.24) is 25.4 Å². The normalized spacial score (nSPS) is 18.8. The Balaban J connectivity index is 1.20. The molecule has 39 heavy (non-hydrogen) atoms. The number of rotatable bonds is 7. The average molecular weight is 522 g/mol. The third kappa shape index (κ3) is 5.09. The summed E-state index contributed by atoms with van der Waals surface area (Å²) in [4.78, 5) is 17.2. The number of fused-ring (bicyclic) bond motifs is 1. The molecule has 2 aromatic carbocycles. The van der Waals surface area contributed by atoms with Crippen molar-refractivity contribution in [3.05, 3.63) is 125 Å². The summed E-state index contributed by atoms with van der Waals surface area (Å²) in [6, 6.07) is 20.2. The number of hydrogen-bond acceptors (Lipinski definition) is 3. The van der Waals surface area contributed by atoms with E-state index < -0.39 is 0 Å². The molecule has 0 radical (unpaired) electrons. The van der Waals surface area contributed by atoms with Crippen LogP contribution in [0, 0.1) is 11.7 Å². The van der Waals surface area contributed by atoms with E-state index >= 15 is 0 Å². The highest BCUT2D eigenvalue weighted by Gasteiger charge is 2.37. The number of hydrogen-bond donors (Lipinski definition) is 2. The third-order valence-electron chi connectivity index (χ3n) is 8.17. The molecule has 4 aromatic rings. The van der Waals surface area contributed by atoms with Crippen LogP contribution in [0.15, 0.2) is 96.5 Å². The van der Waals surface area contributed by atoms with Crippen LogP contribution in [0.1, 0.15) is 60.5 Å². The largest absolute Gasteiger partial charge is 0.334 e. The molecule has 6 nitrogen and oxygen atoms in total. The van der Waals surface area contributed by atoms with Gasteiger partial charge in [-0.25, -0.2) is 13.9 Å². The lowest BCUT2D eigenvalue weighted by molar-refractivity contribution is 0.234. The van der Waals surface area contributed by atoms with Crippen LogP contribution >= 0.6 is 0 Å². The van der Waals surface area contributed by atoms with E-state index in [1.165, 1.54) is 28.5 Å². The van der Waals surface area contributed by atoms with Gasteiger partial charge in [0.1, 0.15) is 5.82 Å². The van der Waals surface area contributed by atoms with E-state index in [0.717, 1.165) is 36.9 Å². The van der Waals surface area contributed by atoms with E-state index in [0.29, 0.717) is 11.5 Å². The predicted octanol–water partition coefficient (Wildman–Crippen LogP) is 6.40. The van der Waals surface area contributed by atoms with Crippen molar-refractivity contribution in [3.63, 3.8) is 0 Å². The summed E-state index contributed by atoms with van der Waals surface area (Å²) >= 11 is 0. The molecule has 2 N–H and O–H groups in total. The Morgan fingerprint density at radius 3 is 2.69 bits per heavy atom. The number of pyridine rings is 1. The van der Waals surface area contributed by atoms with Gasteiger partial charge in [-0.15, -0.1) is 0 Å². The highest BCUT2D eigenvalue weighted by atomic mass is 19.1. The molecular weight excluding hydrogens is 489 g/mol. The molecule has 2 amide bonds. The smallest absolute Gasteiger partial charge is 0.315 e. The molecule has 0 saturated carbocycles. The van der Waals surface area contributed by atoms with Crippen LogP contribution < -0.4 is 10.6 Å². The monoisotopic (exact) mass is 521 g/mol. The van der Waals surface area contributed by atoms with Gasteiger partial charge >= 0.3 is 6.03 Å². The molecule has 0 bridgehead atoms. The lowest BCUT2D eigenvalue weighted by Crippen LogP contribution is -2.38. The van der Waals surface area contributed by atoms with Gasteiger partial charge < -0.3 is 10.6 Å². The van der Waals surface area contributed by atoms with Gasteiger partial charge in [0.25, 0.3) is 0 Å². The maximum Gasteiger partial charge on any atom is 0.315 e. The minimum atomic E-state index is -0.319. The fraction of sp³-hybridized carbons (Fsp3) is 0.281. The van der Waals surface area contributed by atoms with E-state index in [-0.39, 0.29) is 30.4 Å². The van der Waals surface area contributed by atoms with Crippen LogP contribution in [-0.4, -0.2) is 20.8 Å². The molecule has 0 fully saturated rings. The van der Waals surface area contributed by atoms with Gasteiger partial charge in [-0.2, -0.15) is 5.10 Å². The van der Waals surface area contributed by atoms with Crippen molar-refractivity contribution < 1.29 is 9.18 Å². The maximum absolute atomic E-state index is 14.1. The summed E-state index contributed by atoms with van der Waals surface area (Å²) in [5.74, 6) is 0.315. The summed E-state index contributed by atoms with van der Waals surface area (Å²) in [7, 11) is 0. The van der Waals surface area contributed by atoms with Crippen LogP contribution in [0.3, 0.4) is 0 Å². The first-order chi connectivity index (χ1) is 19.1. The molecule has 2 aromatic heterocycles. The number of benzene rings is 2. The van der Waals surface area contributed by atoms with Crippen molar-refractivity contribution >= 4 is 6.03 Å². The van der Waals surface area contributed by atoms with Crippen LogP contribution in [-0.2, 0) is 13.0 Å². The molecule has 0 spiro atoms. The van der Waals surface area contributed by atoms with Gasteiger partial charge in [0.05, 0.1) is 29.8 Å². The lowest BCUT2D eigenvalue weighted by Gasteiger charge is -2.30. The topological polar surface area (TPSA) is 71.8 Å². The molecule has 1 unspecified atom stereocenters. The first-order valence-corrected chi connectivity index (χ1v) is 13.6. The second kappa shape index (κ2) is 10.8. The van der Waals surface area contributed by atoms with Crippen molar-refractivity contribution in [2.45, 2.75) is 51.1 Å². The summed E-state index contributed by atoms with van der Waals surface area (Å²) in [5.41, 5.74) is 8.05. The molecule has 2 heterocycles. The zero-order valence-electron chi connectivity index (χ0n) is 22.0. The average Bonchev–Trinajstić information content (AvgIpc) is 3.58. The van der Waals surface area contributed by atoms with Crippen LogP contribution in [0.25, 0.3) is 5.69 Å². The van der Waals surface area contributed by atoms with E-state index in [4.69, 9.17) is 5.10 Å². The zero-order valence-corrected chi connectivity index (χ0v) is 22.0. The number of halogens is 1.